The van der Waals surface area contributed by atoms with Crippen molar-refractivity contribution in [3.05, 3.63) is 0 Å². The fraction of sp³-hybridized carbons (Fsp3) is 0.857. The van der Waals surface area contributed by atoms with Gasteiger partial charge in [0.2, 0.25) is 5.72 Å². The first kappa shape index (κ1) is 7.97. The summed E-state index contributed by atoms with van der Waals surface area (Å²) in [7, 11) is 0. The van der Waals surface area contributed by atoms with Crippen molar-refractivity contribution in [1.82, 2.24) is 5.06 Å². The molecule has 0 aliphatic carbocycles. The molecule has 12 heavy (non-hydrogen) atoms. The van der Waals surface area contributed by atoms with Crippen molar-refractivity contribution in [2.24, 2.45) is 0 Å². The lowest BCUT2D eigenvalue weighted by molar-refractivity contribution is -0.327. The van der Waals surface area contributed by atoms with E-state index in [9.17, 15) is 4.79 Å². The molecule has 5 heteroatoms. The van der Waals surface area contributed by atoms with Gasteiger partial charge >= 0.3 is 5.97 Å². The maximum atomic E-state index is 10.9. The Hall–Kier alpha value is -0.650. The van der Waals surface area contributed by atoms with Crippen LogP contribution in [-0.2, 0) is 14.4 Å². The molecular formula is C7H11NO4. The number of ether oxygens (including phenoxy) is 1. The van der Waals surface area contributed by atoms with Crippen molar-refractivity contribution in [2.75, 3.05) is 19.8 Å². The highest BCUT2D eigenvalue weighted by Gasteiger charge is 2.52. The van der Waals surface area contributed by atoms with E-state index in [0.717, 1.165) is 6.42 Å². The second kappa shape index (κ2) is 2.69. The standard InChI is InChI=1S/C7H11NO4/c9-6(10)7-2-1-3-8(7)12-5-4-11-7/h1-5H2,(H,9,10)/t7-/m1/s1. The molecule has 2 aliphatic heterocycles. The predicted octanol–water partition coefficient (Wildman–Crippen LogP) is -0.175. The van der Waals surface area contributed by atoms with Crippen LogP contribution in [0.5, 0.6) is 0 Å². The highest BCUT2D eigenvalue weighted by Crippen LogP contribution is 2.33. The van der Waals surface area contributed by atoms with Gasteiger partial charge in [0.05, 0.1) is 13.2 Å². The van der Waals surface area contributed by atoms with Crippen molar-refractivity contribution in [1.29, 1.82) is 0 Å². The minimum absolute atomic E-state index is 0.364. The molecule has 2 fully saturated rings. The third kappa shape index (κ3) is 0.939. The fourth-order valence-electron chi connectivity index (χ4n) is 1.71. The quantitative estimate of drug-likeness (QED) is 0.596. The number of carboxylic acids is 1. The molecule has 2 heterocycles. The largest absolute Gasteiger partial charge is 0.478 e. The van der Waals surface area contributed by atoms with Crippen LogP contribution in [0.15, 0.2) is 0 Å². The van der Waals surface area contributed by atoms with E-state index in [4.69, 9.17) is 14.7 Å². The van der Waals surface area contributed by atoms with Crippen LogP contribution in [0.3, 0.4) is 0 Å². The molecule has 0 aromatic rings. The van der Waals surface area contributed by atoms with Crippen LogP contribution in [0.1, 0.15) is 12.8 Å². The van der Waals surface area contributed by atoms with Gasteiger partial charge in [-0.2, -0.15) is 0 Å². The van der Waals surface area contributed by atoms with Gasteiger partial charge in [-0.25, -0.2) is 4.79 Å². The van der Waals surface area contributed by atoms with Crippen LogP contribution in [0.2, 0.25) is 0 Å². The van der Waals surface area contributed by atoms with Crippen molar-refractivity contribution in [2.45, 2.75) is 18.6 Å². The van der Waals surface area contributed by atoms with E-state index in [2.05, 4.69) is 0 Å². The van der Waals surface area contributed by atoms with Gasteiger partial charge in [-0.3, -0.25) is 4.84 Å². The molecule has 0 bridgehead atoms. The molecule has 0 radical (unpaired) electrons. The molecule has 0 spiro atoms. The molecule has 0 amide bonds. The molecule has 1 atom stereocenters. The van der Waals surface area contributed by atoms with E-state index in [0.29, 0.717) is 26.2 Å². The summed E-state index contributed by atoms with van der Waals surface area (Å²) < 4.78 is 5.25. The summed E-state index contributed by atoms with van der Waals surface area (Å²) in [5.74, 6) is -0.945. The predicted molar refractivity (Wildman–Crippen MR) is 38.2 cm³/mol. The zero-order valence-corrected chi connectivity index (χ0v) is 6.65. The molecule has 5 nitrogen and oxygen atoms in total. The lowest BCUT2D eigenvalue weighted by Crippen LogP contribution is -2.56. The first-order valence-corrected chi connectivity index (χ1v) is 4.04. The van der Waals surface area contributed by atoms with Crippen LogP contribution in [-0.4, -0.2) is 41.6 Å². The van der Waals surface area contributed by atoms with Crippen molar-refractivity contribution in [3.8, 4) is 0 Å². The number of hydroxylamine groups is 2. The smallest absolute Gasteiger partial charge is 0.353 e. The maximum Gasteiger partial charge on any atom is 0.353 e. The highest BCUT2D eigenvalue weighted by atomic mass is 16.8. The Morgan fingerprint density at radius 2 is 2.33 bits per heavy atom. The number of carboxylic acid groups (broad SMARTS) is 1. The molecule has 0 aromatic heterocycles. The monoisotopic (exact) mass is 173 g/mol. The third-order valence-electron chi connectivity index (χ3n) is 2.29. The average Bonchev–Trinajstić information content (AvgIpc) is 2.48. The summed E-state index contributed by atoms with van der Waals surface area (Å²) in [4.78, 5) is 16.1. The number of hydrogen-bond acceptors (Lipinski definition) is 4. The van der Waals surface area contributed by atoms with Gasteiger partial charge < -0.3 is 9.84 Å². The molecule has 2 rings (SSSR count). The van der Waals surface area contributed by atoms with Crippen LogP contribution in [0.4, 0.5) is 0 Å². The van der Waals surface area contributed by atoms with Gasteiger partial charge in [-0.15, -0.1) is 5.06 Å². The Bertz CT molecular complexity index is 208. The number of aliphatic carboxylic acids is 1. The zero-order valence-electron chi connectivity index (χ0n) is 6.65. The van der Waals surface area contributed by atoms with Gasteiger partial charge in [0, 0.05) is 13.0 Å². The minimum atomic E-state index is -1.18. The number of fused-ring (bicyclic) bond motifs is 1. The van der Waals surface area contributed by atoms with Crippen LogP contribution in [0, 0.1) is 0 Å². The lowest BCUT2D eigenvalue weighted by Gasteiger charge is -2.37. The van der Waals surface area contributed by atoms with Gasteiger partial charge in [0.15, 0.2) is 0 Å². The molecular weight excluding hydrogens is 162 g/mol. The number of hydrogen-bond donors (Lipinski definition) is 1. The summed E-state index contributed by atoms with van der Waals surface area (Å²) in [5, 5.41) is 10.4. The second-order valence-electron chi connectivity index (χ2n) is 2.98. The van der Waals surface area contributed by atoms with Gasteiger partial charge in [0.1, 0.15) is 0 Å². The number of rotatable bonds is 1. The minimum Gasteiger partial charge on any atom is -0.478 e. The zero-order chi connectivity index (χ0) is 8.60. The number of carbonyl (C=O) groups is 1. The maximum absolute atomic E-state index is 10.9. The molecule has 68 valence electrons. The Morgan fingerprint density at radius 1 is 1.50 bits per heavy atom. The Kier molecular flexibility index (Phi) is 1.79. The summed E-state index contributed by atoms with van der Waals surface area (Å²) in [6.07, 6.45) is 1.33. The lowest BCUT2D eigenvalue weighted by atomic mass is 10.1. The molecule has 0 saturated carbocycles. The van der Waals surface area contributed by atoms with E-state index < -0.39 is 11.7 Å². The first-order valence-electron chi connectivity index (χ1n) is 4.04. The third-order valence-corrected chi connectivity index (χ3v) is 2.29. The van der Waals surface area contributed by atoms with Crippen molar-refractivity contribution >= 4 is 5.97 Å². The highest BCUT2D eigenvalue weighted by molar-refractivity contribution is 5.77. The summed E-state index contributed by atoms with van der Waals surface area (Å²) in [6.45, 7) is 1.46. The van der Waals surface area contributed by atoms with Gasteiger partial charge in [-0.1, -0.05) is 0 Å². The average molecular weight is 173 g/mol. The van der Waals surface area contributed by atoms with E-state index in [1.54, 1.807) is 0 Å². The first-order chi connectivity index (χ1) is 5.76. The SMILES string of the molecule is O=C(O)[C@]12CCCN1OCCO2. The summed E-state index contributed by atoms with van der Waals surface area (Å²) in [6, 6.07) is 0. The molecule has 1 N–H and O–H groups in total. The number of nitrogens with zero attached hydrogens (tertiary/aromatic N) is 1. The van der Waals surface area contributed by atoms with E-state index in [1.165, 1.54) is 5.06 Å². The molecule has 2 aliphatic rings. The summed E-state index contributed by atoms with van der Waals surface area (Å²) in [5.41, 5.74) is -1.18. The Balaban J connectivity index is 2.23. The fourth-order valence-corrected chi connectivity index (χ4v) is 1.71. The van der Waals surface area contributed by atoms with E-state index in [-0.39, 0.29) is 0 Å². The molecule has 0 unspecified atom stereocenters. The topological polar surface area (TPSA) is 59.0 Å². The summed E-state index contributed by atoms with van der Waals surface area (Å²) >= 11 is 0. The van der Waals surface area contributed by atoms with Crippen LogP contribution < -0.4 is 0 Å². The van der Waals surface area contributed by atoms with E-state index >= 15 is 0 Å². The normalized spacial score (nSPS) is 36.3. The Morgan fingerprint density at radius 3 is 3.00 bits per heavy atom. The molecule has 0 aromatic carbocycles. The van der Waals surface area contributed by atoms with Gasteiger partial charge in [0.25, 0.3) is 0 Å². The van der Waals surface area contributed by atoms with Gasteiger partial charge in [-0.05, 0) is 6.42 Å². The van der Waals surface area contributed by atoms with Crippen molar-refractivity contribution in [3.63, 3.8) is 0 Å². The Labute approximate surface area is 69.8 Å². The van der Waals surface area contributed by atoms with Crippen LogP contribution >= 0.6 is 0 Å². The van der Waals surface area contributed by atoms with Crippen LogP contribution in [0.25, 0.3) is 0 Å². The van der Waals surface area contributed by atoms with E-state index in [1.807, 2.05) is 0 Å². The second-order valence-corrected chi connectivity index (χ2v) is 2.98. The molecule has 2 saturated heterocycles. The van der Waals surface area contributed by atoms with Crippen molar-refractivity contribution < 1.29 is 19.5 Å².